The maximum absolute atomic E-state index is 12.1. The highest BCUT2D eigenvalue weighted by Gasteiger charge is 2.31. The van der Waals surface area contributed by atoms with Crippen molar-refractivity contribution in [2.75, 3.05) is 13.3 Å². The fraction of sp³-hybridized carbons (Fsp3) is 0.533. The number of hydrogen-bond acceptors (Lipinski definition) is 7. The minimum atomic E-state index is -1.29. The number of hydrogen-bond donors (Lipinski definition) is 0. The summed E-state index contributed by atoms with van der Waals surface area (Å²) >= 11 is 0. The molecule has 0 amide bonds. The highest BCUT2D eigenvalue weighted by atomic mass is 19.1. The first-order valence-electron chi connectivity index (χ1n) is 7.81. The molecule has 0 unspecified atom stereocenters. The van der Waals surface area contributed by atoms with Gasteiger partial charge in [-0.3, -0.25) is 20.2 Å². The van der Waals surface area contributed by atoms with Crippen LogP contribution in [0.25, 0.3) is 0 Å². The summed E-state index contributed by atoms with van der Waals surface area (Å²) in [6.45, 7) is -1.47. The van der Waals surface area contributed by atoms with Gasteiger partial charge in [0.2, 0.25) is 5.75 Å². The highest BCUT2D eigenvalue weighted by Crippen LogP contribution is 2.44. The van der Waals surface area contributed by atoms with Gasteiger partial charge in [-0.1, -0.05) is 19.3 Å². The van der Waals surface area contributed by atoms with Crippen molar-refractivity contribution in [3.63, 3.8) is 0 Å². The van der Waals surface area contributed by atoms with Crippen LogP contribution in [0, 0.1) is 20.2 Å². The zero-order valence-corrected chi connectivity index (χ0v) is 13.3. The zero-order chi connectivity index (χ0) is 18.4. The van der Waals surface area contributed by atoms with Crippen LogP contribution in [0.1, 0.15) is 43.6 Å². The first-order valence-corrected chi connectivity index (χ1v) is 7.81. The third kappa shape index (κ3) is 4.61. The Labute approximate surface area is 142 Å². The van der Waals surface area contributed by atoms with Crippen molar-refractivity contribution in [3.05, 3.63) is 37.9 Å². The number of carbonyl (C=O) groups excluding carboxylic acids is 1. The van der Waals surface area contributed by atoms with Gasteiger partial charge in [-0.25, -0.2) is 9.18 Å². The van der Waals surface area contributed by atoms with E-state index in [0.717, 1.165) is 25.3 Å². The fourth-order valence-electron chi connectivity index (χ4n) is 2.92. The van der Waals surface area contributed by atoms with E-state index in [1.54, 1.807) is 0 Å². The van der Waals surface area contributed by atoms with Gasteiger partial charge in [-0.2, -0.15) is 0 Å². The molecule has 1 fully saturated rings. The predicted molar refractivity (Wildman–Crippen MR) is 83.5 cm³/mol. The largest absolute Gasteiger partial charge is 0.514 e. The number of carbonyl (C=O) groups is 1. The van der Waals surface area contributed by atoms with Crippen molar-refractivity contribution in [1.29, 1.82) is 0 Å². The van der Waals surface area contributed by atoms with Crippen LogP contribution >= 0.6 is 0 Å². The molecule has 0 heterocycles. The normalized spacial score (nSPS) is 14.8. The molecule has 0 aliphatic heterocycles. The van der Waals surface area contributed by atoms with Crippen LogP contribution in [0.5, 0.6) is 5.75 Å². The van der Waals surface area contributed by atoms with E-state index >= 15 is 0 Å². The summed E-state index contributed by atoms with van der Waals surface area (Å²) in [4.78, 5) is 32.5. The number of non-ortho nitro benzene ring substituents is 1. The SMILES string of the molecule is O=C(OCCF)Oc1c(C2CCCCC2)cc([N+](=O)[O-])cc1[N+](=O)[O-]. The molecule has 0 saturated heterocycles. The molecule has 1 saturated carbocycles. The molecule has 10 heteroatoms. The van der Waals surface area contributed by atoms with Gasteiger partial charge in [0, 0.05) is 11.6 Å². The zero-order valence-electron chi connectivity index (χ0n) is 13.3. The summed E-state index contributed by atoms with van der Waals surface area (Å²) in [5.41, 5.74) is -0.901. The second-order valence-electron chi connectivity index (χ2n) is 5.62. The number of rotatable bonds is 6. The van der Waals surface area contributed by atoms with Crippen LogP contribution in [0.4, 0.5) is 20.6 Å². The van der Waals surface area contributed by atoms with Crippen LogP contribution in [-0.4, -0.2) is 29.3 Å². The van der Waals surface area contributed by atoms with Crippen molar-refractivity contribution in [2.24, 2.45) is 0 Å². The lowest BCUT2D eigenvalue weighted by atomic mass is 9.83. The second-order valence-corrected chi connectivity index (χ2v) is 5.62. The number of halogens is 1. The molecule has 0 atom stereocenters. The van der Waals surface area contributed by atoms with Gasteiger partial charge in [0.1, 0.15) is 13.3 Å². The molecular weight excluding hydrogens is 339 g/mol. The third-order valence-corrected chi connectivity index (χ3v) is 4.02. The molecule has 9 nitrogen and oxygen atoms in total. The fourth-order valence-corrected chi connectivity index (χ4v) is 2.92. The van der Waals surface area contributed by atoms with E-state index < -0.39 is 40.7 Å². The van der Waals surface area contributed by atoms with Gasteiger partial charge in [0.15, 0.2) is 0 Å². The number of ether oxygens (including phenoxy) is 2. The molecule has 0 aromatic heterocycles. The highest BCUT2D eigenvalue weighted by molar-refractivity contribution is 5.70. The first kappa shape index (κ1) is 18.6. The molecule has 0 N–H and O–H groups in total. The van der Waals surface area contributed by atoms with E-state index in [4.69, 9.17) is 4.74 Å². The van der Waals surface area contributed by atoms with E-state index in [-0.39, 0.29) is 17.2 Å². The Morgan fingerprint density at radius 2 is 1.84 bits per heavy atom. The van der Waals surface area contributed by atoms with Gasteiger partial charge >= 0.3 is 11.8 Å². The van der Waals surface area contributed by atoms with Crippen molar-refractivity contribution in [2.45, 2.75) is 38.0 Å². The summed E-state index contributed by atoms with van der Waals surface area (Å²) < 4.78 is 21.5. The molecule has 1 aliphatic carbocycles. The number of nitrogens with zero attached hydrogens (tertiary/aromatic N) is 2. The molecule has 0 spiro atoms. The Balaban J connectivity index is 2.49. The lowest BCUT2D eigenvalue weighted by molar-refractivity contribution is -0.394. The summed E-state index contributed by atoms with van der Waals surface area (Å²) in [6.07, 6.45) is 2.80. The molecular formula is C15H17FN2O7. The molecule has 25 heavy (non-hydrogen) atoms. The van der Waals surface area contributed by atoms with E-state index in [2.05, 4.69) is 4.74 Å². The lowest BCUT2D eigenvalue weighted by Gasteiger charge is -2.23. The first-order chi connectivity index (χ1) is 11.9. The van der Waals surface area contributed by atoms with Gasteiger partial charge < -0.3 is 9.47 Å². The van der Waals surface area contributed by atoms with Gasteiger partial charge in [-0.15, -0.1) is 0 Å². The van der Waals surface area contributed by atoms with Crippen LogP contribution in [0.2, 0.25) is 0 Å². The van der Waals surface area contributed by atoms with Crippen molar-refractivity contribution < 1.29 is 28.5 Å². The maximum Gasteiger partial charge on any atom is 0.514 e. The second kappa shape index (κ2) is 8.36. The van der Waals surface area contributed by atoms with E-state index in [0.29, 0.717) is 12.8 Å². The summed E-state index contributed by atoms with van der Waals surface area (Å²) in [6, 6.07) is 1.94. The smallest absolute Gasteiger partial charge is 0.431 e. The number of nitro groups is 2. The van der Waals surface area contributed by atoms with Crippen LogP contribution in [0.3, 0.4) is 0 Å². The third-order valence-electron chi connectivity index (χ3n) is 4.02. The Morgan fingerprint density at radius 3 is 2.40 bits per heavy atom. The van der Waals surface area contributed by atoms with E-state index in [1.165, 1.54) is 6.07 Å². The molecule has 2 rings (SSSR count). The van der Waals surface area contributed by atoms with E-state index in [1.807, 2.05) is 0 Å². The summed E-state index contributed by atoms with van der Waals surface area (Å²) in [5.74, 6) is -0.567. The summed E-state index contributed by atoms with van der Waals surface area (Å²) in [7, 11) is 0. The number of benzene rings is 1. The minimum absolute atomic E-state index is 0.198. The summed E-state index contributed by atoms with van der Waals surface area (Å²) in [5, 5.41) is 22.4. The maximum atomic E-state index is 12.1. The molecule has 1 aromatic rings. The standard InChI is InChI=1S/C15H17FN2O7/c16-6-7-24-15(19)25-14-12(10-4-2-1-3-5-10)8-11(17(20)21)9-13(14)18(22)23/h8-10H,1-7H2. The average molecular weight is 356 g/mol. The van der Waals surface area contributed by atoms with Gasteiger partial charge in [-0.05, 0) is 18.8 Å². The van der Waals surface area contributed by atoms with Gasteiger partial charge in [0.05, 0.1) is 15.9 Å². The molecule has 0 bridgehead atoms. The van der Waals surface area contributed by atoms with Crippen LogP contribution in [0.15, 0.2) is 12.1 Å². The molecule has 1 aliphatic rings. The number of alkyl halides is 1. The topological polar surface area (TPSA) is 122 Å². The van der Waals surface area contributed by atoms with Crippen LogP contribution < -0.4 is 4.74 Å². The average Bonchev–Trinajstić information content (AvgIpc) is 2.60. The van der Waals surface area contributed by atoms with Crippen molar-refractivity contribution in [3.8, 4) is 5.75 Å². The quantitative estimate of drug-likeness (QED) is 0.326. The van der Waals surface area contributed by atoms with E-state index in [9.17, 15) is 29.4 Å². The Bertz CT molecular complexity index is 674. The van der Waals surface area contributed by atoms with Gasteiger partial charge in [0.25, 0.3) is 5.69 Å². The Hall–Kier alpha value is -2.78. The lowest BCUT2D eigenvalue weighted by Crippen LogP contribution is -2.16. The van der Waals surface area contributed by atoms with Crippen molar-refractivity contribution in [1.82, 2.24) is 0 Å². The number of nitro benzene ring substituents is 2. The van der Waals surface area contributed by atoms with Crippen molar-refractivity contribution >= 4 is 17.5 Å². The molecule has 0 radical (unpaired) electrons. The Kier molecular flexibility index (Phi) is 6.20. The van der Waals surface area contributed by atoms with Crippen LogP contribution in [-0.2, 0) is 4.74 Å². The predicted octanol–water partition coefficient (Wildman–Crippen LogP) is 4.04. The monoisotopic (exact) mass is 356 g/mol. The molecule has 1 aromatic carbocycles. The molecule has 136 valence electrons. The Morgan fingerprint density at radius 1 is 1.16 bits per heavy atom. The minimum Gasteiger partial charge on any atom is -0.431 e.